The number of hydrogen-bond donors (Lipinski definition) is 1. The molecule has 1 saturated heterocycles. The minimum atomic E-state index is 0.829. The molecule has 0 bridgehead atoms. The summed E-state index contributed by atoms with van der Waals surface area (Å²) in [4.78, 5) is 14.2. The number of aromatic nitrogens is 2. The highest BCUT2D eigenvalue weighted by Gasteiger charge is 2.19. The Labute approximate surface area is 167 Å². The summed E-state index contributed by atoms with van der Waals surface area (Å²) in [5, 5.41) is 3.46. The van der Waals surface area contributed by atoms with Crippen LogP contribution in [-0.2, 0) is 6.42 Å². The minimum absolute atomic E-state index is 0.829. The summed E-state index contributed by atoms with van der Waals surface area (Å²) in [6.45, 7) is 6.73. The molecule has 5 heteroatoms. The molecule has 1 aliphatic rings. The van der Waals surface area contributed by atoms with Crippen molar-refractivity contribution in [3.63, 3.8) is 0 Å². The van der Waals surface area contributed by atoms with Gasteiger partial charge in [-0.05, 0) is 31.0 Å². The number of aryl methyl sites for hydroxylation is 1. The Hall–Kier alpha value is -3.08. The van der Waals surface area contributed by atoms with Crippen molar-refractivity contribution >= 4 is 17.5 Å². The lowest BCUT2D eigenvalue weighted by atomic mass is 10.1. The summed E-state index contributed by atoms with van der Waals surface area (Å²) in [6.07, 6.45) is 0.981. The molecule has 144 valence electrons. The Bertz CT molecular complexity index is 874. The molecule has 1 aromatic heterocycles. The van der Waals surface area contributed by atoms with E-state index in [1.165, 1.54) is 11.3 Å². The number of anilines is 3. The van der Waals surface area contributed by atoms with Crippen molar-refractivity contribution in [1.82, 2.24) is 9.97 Å². The Morgan fingerprint density at radius 3 is 2.18 bits per heavy atom. The van der Waals surface area contributed by atoms with Gasteiger partial charge in [0.25, 0.3) is 0 Å². The quantitative estimate of drug-likeness (QED) is 0.713. The third-order valence-electron chi connectivity index (χ3n) is 5.09. The van der Waals surface area contributed by atoms with Gasteiger partial charge in [0, 0.05) is 50.2 Å². The Morgan fingerprint density at radius 1 is 0.821 bits per heavy atom. The smallest absolute Gasteiger partial charge is 0.227 e. The first kappa shape index (κ1) is 18.3. The number of piperazine rings is 1. The summed E-state index contributed by atoms with van der Waals surface area (Å²) in [7, 11) is 0. The zero-order valence-electron chi connectivity index (χ0n) is 16.4. The van der Waals surface area contributed by atoms with Crippen molar-refractivity contribution in [2.45, 2.75) is 13.3 Å². The molecule has 2 aromatic carbocycles. The molecule has 4 rings (SSSR count). The van der Waals surface area contributed by atoms with Crippen LogP contribution in [0, 0.1) is 6.92 Å². The molecule has 2 heterocycles. The monoisotopic (exact) mass is 373 g/mol. The molecular formula is C23H27N5. The van der Waals surface area contributed by atoms with Gasteiger partial charge in [0.1, 0.15) is 5.82 Å². The van der Waals surface area contributed by atoms with Crippen molar-refractivity contribution in [2.24, 2.45) is 0 Å². The normalized spacial score (nSPS) is 14.2. The predicted molar refractivity (Wildman–Crippen MR) is 116 cm³/mol. The number of benzene rings is 2. The van der Waals surface area contributed by atoms with Crippen molar-refractivity contribution in [3.05, 3.63) is 78.0 Å². The van der Waals surface area contributed by atoms with Crippen LogP contribution < -0.4 is 15.1 Å². The van der Waals surface area contributed by atoms with Gasteiger partial charge in [0.15, 0.2) is 0 Å². The van der Waals surface area contributed by atoms with Crippen molar-refractivity contribution in [2.75, 3.05) is 47.8 Å². The second-order valence-electron chi connectivity index (χ2n) is 7.17. The first-order valence-corrected chi connectivity index (χ1v) is 9.96. The van der Waals surface area contributed by atoms with Gasteiger partial charge in [-0.25, -0.2) is 4.98 Å². The molecular weight excluding hydrogens is 346 g/mol. The van der Waals surface area contributed by atoms with Crippen LogP contribution in [0.4, 0.5) is 17.5 Å². The topological polar surface area (TPSA) is 44.3 Å². The highest BCUT2D eigenvalue weighted by molar-refractivity contribution is 5.49. The molecule has 3 aromatic rings. The summed E-state index contributed by atoms with van der Waals surface area (Å²) in [6, 6.07) is 23.2. The van der Waals surface area contributed by atoms with E-state index in [2.05, 4.69) is 80.8 Å². The molecule has 5 nitrogen and oxygen atoms in total. The number of para-hydroxylation sites is 1. The summed E-state index contributed by atoms with van der Waals surface area (Å²) >= 11 is 0. The van der Waals surface area contributed by atoms with E-state index in [0.717, 1.165) is 56.6 Å². The summed E-state index contributed by atoms with van der Waals surface area (Å²) in [5.41, 5.74) is 3.62. The Kier molecular flexibility index (Phi) is 5.71. The van der Waals surface area contributed by atoms with Crippen LogP contribution in [-0.4, -0.2) is 42.7 Å². The molecule has 0 unspecified atom stereocenters. The molecule has 1 aliphatic heterocycles. The number of nitrogens with one attached hydrogen (secondary N) is 1. The molecule has 1 N–H and O–H groups in total. The molecule has 1 fully saturated rings. The first-order valence-electron chi connectivity index (χ1n) is 9.96. The summed E-state index contributed by atoms with van der Waals surface area (Å²) < 4.78 is 0. The lowest BCUT2D eigenvalue weighted by molar-refractivity contribution is 0.639. The van der Waals surface area contributed by atoms with Gasteiger partial charge in [0.05, 0.1) is 0 Å². The molecule has 0 spiro atoms. The zero-order chi connectivity index (χ0) is 19.2. The molecule has 0 amide bonds. The number of hydrogen-bond acceptors (Lipinski definition) is 5. The maximum atomic E-state index is 4.77. The third-order valence-corrected chi connectivity index (χ3v) is 5.09. The van der Waals surface area contributed by atoms with Crippen LogP contribution in [0.2, 0.25) is 0 Å². The fraction of sp³-hybridized carbons (Fsp3) is 0.304. The van der Waals surface area contributed by atoms with E-state index < -0.39 is 0 Å². The molecule has 0 atom stereocenters. The Balaban J connectivity index is 1.36. The number of nitrogens with zero attached hydrogens (tertiary/aromatic N) is 4. The highest BCUT2D eigenvalue weighted by atomic mass is 15.3. The van der Waals surface area contributed by atoms with Gasteiger partial charge in [-0.2, -0.15) is 4.98 Å². The summed E-state index contributed by atoms with van der Waals surface area (Å²) in [5.74, 6) is 1.74. The second-order valence-corrected chi connectivity index (χ2v) is 7.17. The van der Waals surface area contributed by atoms with Crippen LogP contribution in [0.5, 0.6) is 0 Å². The second kappa shape index (κ2) is 8.74. The fourth-order valence-electron chi connectivity index (χ4n) is 3.57. The van der Waals surface area contributed by atoms with Gasteiger partial charge in [-0.15, -0.1) is 0 Å². The van der Waals surface area contributed by atoms with Crippen LogP contribution in [0.1, 0.15) is 11.3 Å². The Morgan fingerprint density at radius 2 is 1.46 bits per heavy atom. The molecule has 0 radical (unpaired) electrons. The minimum Gasteiger partial charge on any atom is -0.370 e. The average molecular weight is 374 g/mol. The average Bonchev–Trinajstić information content (AvgIpc) is 2.75. The van der Waals surface area contributed by atoms with Crippen molar-refractivity contribution < 1.29 is 0 Å². The van der Waals surface area contributed by atoms with Crippen LogP contribution in [0.3, 0.4) is 0 Å². The van der Waals surface area contributed by atoms with Crippen LogP contribution >= 0.6 is 0 Å². The maximum absolute atomic E-state index is 4.77. The van der Waals surface area contributed by atoms with Gasteiger partial charge < -0.3 is 15.1 Å². The lowest BCUT2D eigenvalue weighted by Gasteiger charge is -2.36. The van der Waals surface area contributed by atoms with E-state index in [0.29, 0.717) is 0 Å². The van der Waals surface area contributed by atoms with Crippen LogP contribution in [0.15, 0.2) is 66.7 Å². The van der Waals surface area contributed by atoms with Crippen molar-refractivity contribution in [1.29, 1.82) is 0 Å². The van der Waals surface area contributed by atoms with E-state index in [-0.39, 0.29) is 0 Å². The van der Waals surface area contributed by atoms with E-state index in [4.69, 9.17) is 4.98 Å². The van der Waals surface area contributed by atoms with Crippen molar-refractivity contribution in [3.8, 4) is 0 Å². The lowest BCUT2D eigenvalue weighted by Crippen LogP contribution is -2.47. The molecule has 28 heavy (non-hydrogen) atoms. The fourth-order valence-corrected chi connectivity index (χ4v) is 3.57. The van der Waals surface area contributed by atoms with Gasteiger partial charge in [-0.3, -0.25) is 0 Å². The van der Waals surface area contributed by atoms with E-state index in [1.54, 1.807) is 0 Å². The van der Waals surface area contributed by atoms with E-state index >= 15 is 0 Å². The van der Waals surface area contributed by atoms with Gasteiger partial charge >= 0.3 is 0 Å². The van der Waals surface area contributed by atoms with Gasteiger partial charge in [0.2, 0.25) is 5.95 Å². The van der Waals surface area contributed by atoms with E-state index in [1.807, 2.05) is 13.0 Å². The van der Waals surface area contributed by atoms with E-state index in [9.17, 15) is 0 Å². The first-order chi connectivity index (χ1) is 13.8. The standard InChI is InChI=1S/C23H27N5/c1-19-18-22(24-13-12-20-8-4-2-5-9-20)26-23(25-19)28-16-14-27(15-17-28)21-10-6-3-7-11-21/h2-11,18H,12-17H2,1H3,(H,24,25,26). The molecule has 0 saturated carbocycles. The largest absolute Gasteiger partial charge is 0.370 e. The number of rotatable bonds is 6. The van der Waals surface area contributed by atoms with Crippen LogP contribution in [0.25, 0.3) is 0 Å². The molecule has 0 aliphatic carbocycles. The maximum Gasteiger partial charge on any atom is 0.227 e. The zero-order valence-corrected chi connectivity index (χ0v) is 16.4. The van der Waals surface area contributed by atoms with Gasteiger partial charge in [-0.1, -0.05) is 48.5 Å². The highest BCUT2D eigenvalue weighted by Crippen LogP contribution is 2.19. The third kappa shape index (κ3) is 4.60. The predicted octanol–water partition coefficient (Wildman–Crippen LogP) is 3.77. The SMILES string of the molecule is Cc1cc(NCCc2ccccc2)nc(N2CCN(c3ccccc3)CC2)n1.